The molecule has 1 saturated heterocycles. The van der Waals surface area contributed by atoms with Crippen LogP contribution in [-0.4, -0.2) is 46.6 Å². The Kier molecular flexibility index (Phi) is 6.21. The molecule has 29 heavy (non-hydrogen) atoms. The zero-order chi connectivity index (χ0) is 21.2. The number of ether oxygens (including phenoxy) is 1. The molecule has 0 bridgehead atoms. The zero-order valence-corrected chi connectivity index (χ0v) is 17.2. The standard InChI is InChI=1S/C21H29N3O5/c1-14(2)12-22-19(25)18-13-29-21(9-7-15(3)8-10-21)23(18)20(26)16-5-4-6-17(11-16)24(27)28/h4-6,11,14-15,18H,7-10,12-13H2,1-3H3,(H,22,25). The van der Waals surface area contributed by atoms with Gasteiger partial charge in [-0.3, -0.25) is 24.6 Å². The minimum absolute atomic E-state index is 0.138. The Hall–Kier alpha value is -2.48. The number of carbonyl (C=O) groups is 2. The van der Waals surface area contributed by atoms with Crippen molar-refractivity contribution in [3.8, 4) is 0 Å². The van der Waals surface area contributed by atoms with Crippen LogP contribution in [0.5, 0.6) is 0 Å². The van der Waals surface area contributed by atoms with Gasteiger partial charge in [-0.25, -0.2) is 0 Å². The zero-order valence-electron chi connectivity index (χ0n) is 17.2. The summed E-state index contributed by atoms with van der Waals surface area (Å²) >= 11 is 0. The number of nitrogens with one attached hydrogen (secondary N) is 1. The molecule has 1 aromatic rings. The number of nitro benzene ring substituents is 1. The van der Waals surface area contributed by atoms with Crippen LogP contribution in [0, 0.1) is 22.0 Å². The van der Waals surface area contributed by atoms with Crippen molar-refractivity contribution in [1.29, 1.82) is 0 Å². The highest BCUT2D eigenvalue weighted by molar-refractivity contribution is 5.99. The van der Waals surface area contributed by atoms with Crippen molar-refractivity contribution >= 4 is 17.5 Å². The Morgan fingerprint density at radius 3 is 2.66 bits per heavy atom. The van der Waals surface area contributed by atoms with E-state index in [0.717, 1.165) is 12.8 Å². The summed E-state index contributed by atoms with van der Waals surface area (Å²) in [5.41, 5.74) is -0.777. The van der Waals surface area contributed by atoms with Crippen LogP contribution >= 0.6 is 0 Å². The first-order chi connectivity index (χ1) is 13.7. The second kappa shape index (κ2) is 8.49. The minimum atomic E-state index is -0.825. The molecule has 8 heteroatoms. The van der Waals surface area contributed by atoms with Gasteiger partial charge >= 0.3 is 0 Å². The van der Waals surface area contributed by atoms with Crippen molar-refractivity contribution in [2.24, 2.45) is 11.8 Å². The van der Waals surface area contributed by atoms with E-state index < -0.39 is 22.6 Å². The summed E-state index contributed by atoms with van der Waals surface area (Å²) in [6.07, 6.45) is 3.11. The second-order valence-corrected chi connectivity index (χ2v) is 8.58. The number of non-ortho nitro benzene ring substituents is 1. The van der Waals surface area contributed by atoms with Gasteiger partial charge < -0.3 is 10.1 Å². The van der Waals surface area contributed by atoms with Gasteiger partial charge in [-0.15, -0.1) is 0 Å². The normalized spacial score (nSPS) is 26.7. The Balaban J connectivity index is 1.92. The first kappa shape index (κ1) is 21.2. The van der Waals surface area contributed by atoms with Crippen LogP contribution in [0.2, 0.25) is 0 Å². The lowest BCUT2D eigenvalue weighted by Gasteiger charge is -2.43. The quantitative estimate of drug-likeness (QED) is 0.601. The van der Waals surface area contributed by atoms with Crippen molar-refractivity contribution in [1.82, 2.24) is 10.2 Å². The van der Waals surface area contributed by atoms with Crippen molar-refractivity contribution in [3.63, 3.8) is 0 Å². The molecule has 0 aromatic heterocycles. The molecule has 1 N–H and O–H groups in total. The maximum absolute atomic E-state index is 13.5. The molecule has 1 heterocycles. The van der Waals surface area contributed by atoms with Gasteiger partial charge in [0.1, 0.15) is 11.8 Å². The molecule has 1 saturated carbocycles. The van der Waals surface area contributed by atoms with E-state index in [1.165, 1.54) is 18.2 Å². The molecule has 8 nitrogen and oxygen atoms in total. The first-order valence-electron chi connectivity index (χ1n) is 10.2. The fourth-order valence-electron chi connectivity index (χ4n) is 4.09. The van der Waals surface area contributed by atoms with E-state index in [2.05, 4.69) is 12.2 Å². The molecule has 1 unspecified atom stereocenters. The lowest BCUT2D eigenvalue weighted by atomic mass is 9.83. The van der Waals surface area contributed by atoms with E-state index in [-0.39, 0.29) is 29.7 Å². The molecule has 2 fully saturated rings. The number of rotatable bonds is 5. The van der Waals surface area contributed by atoms with Gasteiger partial charge in [0.05, 0.1) is 11.5 Å². The Labute approximate surface area is 170 Å². The number of nitrogens with zero attached hydrogens (tertiary/aromatic N) is 2. The van der Waals surface area contributed by atoms with Crippen LogP contribution in [-0.2, 0) is 9.53 Å². The fraction of sp³-hybridized carbons (Fsp3) is 0.619. The second-order valence-electron chi connectivity index (χ2n) is 8.58. The van der Waals surface area contributed by atoms with E-state index in [1.54, 1.807) is 11.0 Å². The summed E-state index contributed by atoms with van der Waals surface area (Å²) in [7, 11) is 0. The predicted molar refractivity (Wildman–Crippen MR) is 107 cm³/mol. The summed E-state index contributed by atoms with van der Waals surface area (Å²) in [5.74, 6) is 0.179. The molecule has 1 atom stereocenters. The molecule has 1 spiro atoms. The molecule has 158 valence electrons. The van der Waals surface area contributed by atoms with Gasteiger partial charge in [-0.1, -0.05) is 26.8 Å². The van der Waals surface area contributed by atoms with Crippen molar-refractivity contribution in [2.75, 3.05) is 13.2 Å². The topological polar surface area (TPSA) is 102 Å². The average Bonchev–Trinajstić information content (AvgIpc) is 3.07. The maximum Gasteiger partial charge on any atom is 0.270 e. The maximum atomic E-state index is 13.5. The SMILES string of the molecule is CC(C)CNC(=O)C1COC2(CCC(C)CC2)N1C(=O)c1cccc([N+](=O)[O-])c1. The summed E-state index contributed by atoms with van der Waals surface area (Å²) in [4.78, 5) is 38.5. The smallest absolute Gasteiger partial charge is 0.270 e. The first-order valence-corrected chi connectivity index (χ1v) is 10.2. The minimum Gasteiger partial charge on any atom is -0.354 e. The highest BCUT2D eigenvalue weighted by Crippen LogP contribution is 2.43. The lowest BCUT2D eigenvalue weighted by molar-refractivity contribution is -0.384. The van der Waals surface area contributed by atoms with Crippen molar-refractivity contribution in [2.45, 2.75) is 58.2 Å². The number of benzene rings is 1. The summed E-state index contributed by atoms with van der Waals surface area (Å²) in [6.45, 7) is 6.82. The summed E-state index contributed by atoms with van der Waals surface area (Å²) in [6, 6.07) is 4.92. The van der Waals surface area contributed by atoms with Gasteiger partial charge in [0.25, 0.3) is 11.6 Å². The average molecular weight is 403 g/mol. The van der Waals surface area contributed by atoms with E-state index in [4.69, 9.17) is 4.74 Å². The molecular weight excluding hydrogens is 374 g/mol. The number of hydrogen-bond donors (Lipinski definition) is 1. The van der Waals surface area contributed by atoms with Crippen LogP contribution in [0.1, 0.15) is 56.8 Å². The van der Waals surface area contributed by atoms with Gasteiger partial charge in [-0.2, -0.15) is 0 Å². The molecule has 0 radical (unpaired) electrons. The van der Waals surface area contributed by atoms with Gasteiger partial charge in [0.15, 0.2) is 0 Å². The number of hydrogen-bond acceptors (Lipinski definition) is 5. The number of amides is 2. The predicted octanol–water partition coefficient (Wildman–Crippen LogP) is 3.11. The highest BCUT2D eigenvalue weighted by Gasteiger charge is 2.53. The van der Waals surface area contributed by atoms with Crippen LogP contribution in [0.15, 0.2) is 24.3 Å². The lowest BCUT2D eigenvalue weighted by Crippen LogP contribution is -2.57. The van der Waals surface area contributed by atoms with Gasteiger partial charge in [-0.05, 0) is 43.6 Å². The van der Waals surface area contributed by atoms with Gasteiger partial charge in [0.2, 0.25) is 5.91 Å². The molecule has 3 rings (SSSR count). The molecule has 2 aliphatic rings. The Morgan fingerprint density at radius 2 is 2.03 bits per heavy atom. The fourth-order valence-corrected chi connectivity index (χ4v) is 4.09. The molecule has 2 amide bonds. The highest BCUT2D eigenvalue weighted by atomic mass is 16.6. The third-order valence-corrected chi connectivity index (χ3v) is 5.83. The third-order valence-electron chi connectivity index (χ3n) is 5.83. The van der Waals surface area contributed by atoms with Crippen LogP contribution in [0.4, 0.5) is 5.69 Å². The van der Waals surface area contributed by atoms with Crippen LogP contribution in [0.25, 0.3) is 0 Å². The van der Waals surface area contributed by atoms with Gasteiger partial charge in [0, 0.05) is 24.2 Å². The monoisotopic (exact) mass is 403 g/mol. The largest absolute Gasteiger partial charge is 0.354 e. The Morgan fingerprint density at radius 1 is 1.34 bits per heavy atom. The molecular formula is C21H29N3O5. The van der Waals surface area contributed by atoms with E-state index >= 15 is 0 Å². The van der Waals surface area contributed by atoms with Crippen LogP contribution < -0.4 is 5.32 Å². The number of nitro groups is 1. The summed E-state index contributed by atoms with van der Waals surface area (Å²) in [5, 5.41) is 14.0. The molecule has 1 aliphatic heterocycles. The van der Waals surface area contributed by atoms with Crippen LogP contribution in [0.3, 0.4) is 0 Å². The third kappa shape index (κ3) is 4.42. The van der Waals surface area contributed by atoms with Crippen molar-refractivity contribution in [3.05, 3.63) is 39.9 Å². The summed E-state index contributed by atoms with van der Waals surface area (Å²) < 4.78 is 6.11. The molecule has 1 aromatic carbocycles. The Bertz CT molecular complexity index is 786. The molecule has 1 aliphatic carbocycles. The van der Waals surface area contributed by atoms with E-state index in [0.29, 0.717) is 25.3 Å². The van der Waals surface area contributed by atoms with E-state index in [1.807, 2.05) is 13.8 Å². The number of carbonyl (C=O) groups excluding carboxylic acids is 2. The van der Waals surface area contributed by atoms with E-state index in [9.17, 15) is 19.7 Å². The van der Waals surface area contributed by atoms with Crippen molar-refractivity contribution < 1.29 is 19.2 Å².